The molecule has 0 saturated carbocycles. The predicted octanol–water partition coefficient (Wildman–Crippen LogP) is 6.90. The van der Waals surface area contributed by atoms with Crippen LogP contribution in [0.15, 0.2) is 79.1 Å². The quantitative estimate of drug-likeness (QED) is 0.159. The maximum Gasteiger partial charge on any atom is 0.338 e. The molecule has 3 fully saturated rings. The van der Waals surface area contributed by atoms with Gasteiger partial charge in [0, 0.05) is 24.2 Å². The molecular formula is C37H37Cl2FN3O6+. The van der Waals surface area contributed by atoms with Crippen molar-refractivity contribution in [2.75, 3.05) is 39.2 Å². The highest BCUT2D eigenvalue weighted by Gasteiger charge is 2.38. The summed E-state index contributed by atoms with van der Waals surface area (Å²) < 4.78 is 36.8. The van der Waals surface area contributed by atoms with Crippen LogP contribution in [0.5, 0.6) is 11.5 Å². The van der Waals surface area contributed by atoms with Crippen molar-refractivity contribution in [1.29, 1.82) is 0 Å². The fourth-order valence-electron chi connectivity index (χ4n) is 6.40. The second-order valence-electron chi connectivity index (χ2n) is 12.2. The first-order valence-electron chi connectivity index (χ1n) is 16.0. The zero-order chi connectivity index (χ0) is 34.5. The fraction of sp³-hybridized carbons (Fsp3) is 0.324. The molecule has 3 atom stereocenters. The van der Waals surface area contributed by atoms with Gasteiger partial charge in [0.1, 0.15) is 28.1 Å². The van der Waals surface area contributed by atoms with Gasteiger partial charge in [-0.1, -0.05) is 41.4 Å². The Labute approximate surface area is 294 Å². The maximum absolute atomic E-state index is 13.8. The van der Waals surface area contributed by atoms with E-state index >= 15 is 0 Å². The summed E-state index contributed by atoms with van der Waals surface area (Å²) >= 11 is 12.9. The number of benzene rings is 3. The van der Waals surface area contributed by atoms with Crippen molar-refractivity contribution in [2.24, 2.45) is 5.92 Å². The molecule has 9 nitrogen and oxygen atoms in total. The molecule has 0 amide bonds. The van der Waals surface area contributed by atoms with Crippen LogP contribution in [0.25, 0.3) is 0 Å². The Hall–Kier alpha value is -4.38. The van der Waals surface area contributed by atoms with Crippen molar-refractivity contribution in [3.05, 3.63) is 117 Å². The summed E-state index contributed by atoms with van der Waals surface area (Å²) in [6, 6.07) is 16.7. The topological polar surface area (TPSA) is 100 Å². The Bertz CT molecular complexity index is 1760. The number of nitrogens with zero attached hydrogens (tertiary/aromatic N) is 1. The summed E-state index contributed by atoms with van der Waals surface area (Å²) in [5.41, 5.74) is 2.65. The number of rotatable bonds is 12. The van der Waals surface area contributed by atoms with Gasteiger partial charge in [-0.2, -0.15) is 0 Å². The van der Waals surface area contributed by atoms with Gasteiger partial charge in [0.15, 0.2) is 29.9 Å². The molecule has 7 rings (SSSR count). The predicted molar refractivity (Wildman–Crippen MR) is 183 cm³/mol. The minimum Gasteiger partial charge on any atom is -0.493 e. The molecule has 256 valence electrons. The Morgan fingerprint density at radius 3 is 2.18 bits per heavy atom. The molecule has 0 radical (unpaired) electrons. The molecule has 0 aliphatic carbocycles. The first kappa shape index (κ1) is 34.5. The fourth-order valence-corrected chi connectivity index (χ4v) is 6.93. The first-order chi connectivity index (χ1) is 23.7. The SMILES string of the molecule is COc1ccc(C(Cc2c(Cl)c[nH+]cc2Cl)OC(=O)c2ccc(NC(C(=O)O[C@H]3CN4CCC3CC4)c3ccc(F)cc3)cc2)cc1OC. The molecule has 2 N–H and O–H groups in total. The average Bonchev–Trinajstić information content (AvgIpc) is 3.12. The van der Waals surface area contributed by atoms with Crippen molar-refractivity contribution in [2.45, 2.75) is 37.5 Å². The van der Waals surface area contributed by atoms with Crippen molar-refractivity contribution in [3.63, 3.8) is 0 Å². The van der Waals surface area contributed by atoms with E-state index < -0.39 is 29.9 Å². The number of nitrogens with one attached hydrogen (secondary N) is 2. The molecule has 1 aromatic heterocycles. The van der Waals surface area contributed by atoms with E-state index in [2.05, 4.69) is 15.2 Å². The van der Waals surface area contributed by atoms with Crippen LogP contribution in [0.2, 0.25) is 10.0 Å². The number of piperidine rings is 3. The maximum atomic E-state index is 13.8. The second kappa shape index (κ2) is 15.4. The number of aromatic nitrogens is 1. The summed E-state index contributed by atoms with van der Waals surface area (Å²) in [4.78, 5) is 32.3. The molecule has 3 aliphatic rings. The van der Waals surface area contributed by atoms with Gasteiger partial charge in [-0.3, -0.25) is 4.90 Å². The summed E-state index contributed by atoms with van der Waals surface area (Å²) in [5.74, 6) is -0.101. The number of halogens is 3. The zero-order valence-corrected chi connectivity index (χ0v) is 28.6. The van der Waals surface area contributed by atoms with E-state index in [-0.39, 0.29) is 18.1 Å². The lowest BCUT2D eigenvalue weighted by Gasteiger charge is -2.44. The van der Waals surface area contributed by atoms with Crippen molar-refractivity contribution in [3.8, 4) is 11.5 Å². The number of fused-ring (bicyclic) bond motifs is 3. The number of pyridine rings is 1. The molecular weight excluding hydrogens is 672 g/mol. The van der Waals surface area contributed by atoms with Gasteiger partial charge in [-0.05, 0) is 91.5 Å². The molecule has 3 aromatic carbocycles. The number of hydrogen-bond acceptors (Lipinski definition) is 8. The molecule has 0 spiro atoms. The Balaban J connectivity index is 1.20. The van der Waals surface area contributed by atoms with Gasteiger partial charge in [0.2, 0.25) is 0 Å². The number of hydrogen-bond donors (Lipinski definition) is 1. The molecule has 2 bridgehead atoms. The molecule has 49 heavy (non-hydrogen) atoms. The Kier molecular flexibility index (Phi) is 10.9. The second-order valence-corrected chi connectivity index (χ2v) is 13.0. The number of esters is 2. The van der Waals surface area contributed by atoms with Crippen LogP contribution in [0.3, 0.4) is 0 Å². The van der Waals surface area contributed by atoms with E-state index in [1.807, 2.05) is 0 Å². The smallest absolute Gasteiger partial charge is 0.338 e. The van der Waals surface area contributed by atoms with Crippen LogP contribution in [0, 0.1) is 11.7 Å². The lowest BCUT2D eigenvalue weighted by molar-refractivity contribution is -0.377. The minimum atomic E-state index is -0.888. The number of carbonyl (C=O) groups excluding carboxylic acids is 2. The van der Waals surface area contributed by atoms with E-state index in [0.717, 1.165) is 32.5 Å². The standard InChI is InChI=1S/C37H36Cl2FN3O6/c1-46-31-12-7-25(17-33(31)47-2)32(18-28-29(38)19-41-20-30(28)39)48-36(44)24-5-10-27(11-6-24)42-35(23-3-8-26(40)9-4-23)37(45)49-34-21-43-15-13-22(34)14-16-43/h3-12,17,19-20,22,32,34-35,42H,13-16,18,21H2,1-2H3/p+1/t32?,34-,35?/m0/s1. The number of aromatic amines is 1. The van der Waals surface area contributed by atoms with E-state index in [1.54, 1.807) is 67.0 Å². The van der Waals surface area contributed by atoms with E-state index in [0.29, 0.717) is 49.8 Å². The third-order valence-electron chi connectivity index (χ3n) is 9.15. The zero-order valence-electron chi connectivity index (χ0n) is 27.1. The van der Waals surface area contributed by atoms with Crippen molar-refractivity contribution >= 4 is 40.8 Å². The summed E-state index contributed by atoms with van der Waals surface area (Å²) in [7, 11) is 3.06. The molecule has 2 unspecified atom stereocenters. The average molecular weight is 710 g/mol. The summed E-state index contributed by atoms with van der Waals surface area (Å²) in [5, 5.41) is 4.02. The van der Waals surface area contributed by atoms with Gasteiger partial charge in [0.05, 0.1) is 19.8 Å². The molecule has 3 aliphatic heterocycles. The molecule has 4 heterocycles. The van der Waals surface area contributed by atoms with Crippen molar-refractivity contribution in [1.82, 2.24) is 4.90 Å². The lowest BCUT2D eigenvalue weighted by Crippen LogP contribution is -2.52. The first-order valence-corrected chi connectivity index (χ1v) is 16.8. The van der Waals surface area contributed by atoms with Crippen molar-refractivity contribution < 1.29 is 37.9 Å². The van der Waals surface area contributed by atoms with E-state index in [4.69, 9.17) is 42.1 Å². The largest absolute Gasteiger partial charge is 0.493 e. The minimum absolute atomic E-state index is 0.186. The van der Waals surface area contributed by atoms with Gasteiger partial charge < -0.3 is 24.3 Å². The molecule has 3 saturated heterocycles. The number of ether oxygens (including phenoxy) is 4. The summed E-state index contributed by atoms with van der Waals surface area (Å²) in [6.45, 7) is 2.76. The van der Waals surface area contributed by atoms with Crippen LogP contribution in [-0.2, 0) is 20.7 Å². The van der Waals surface area contributed by atoms with Crippen LogP contribution in [0.4, 0.5) is 10.1 Å². The van der Waals surface area contributed by atoms with Crippen LogP contribution in [0.1, 0.15) is 52.0 Å². The van der Waals surface area contributed by atoms with Gasteiger partial charge >= 0.3 is 11.9 Å². The van der Waals surface area contributed by atoms with E-state index in [1.165, 1.54) is 26.4 Å². The monoisotopic (exact) mass is 708 g/mol. The lowest BCUT2D eigenvalue weighted by atomic mass is 9.86. The highest BCUT2D eigenvalue weighted by atomic mass is 35.5. The summed E-state index contributed by atoms with van der Waals surface area (Å²) in [6.07, 6.45) is 4.43. The van der Waals surface area contributed by atoms with Crippen LogP contribution < -0.4 is 19.8 Å². The Morgan fingerprint density at radius 2 is 1.57 bits per heavy atom. The van der Waals surface area contributed by atoms with Gasteiger partial charge in [-0.15, -0.1) is 0 Å². The number of methoxy groups -OCH3 is 2. The Morgan fingerprint density at radius 1 is 0.918 bits per heavy atom. The van der Waals surface area contributed by atoms with Gasteiger partial charge in [-0.25, -0.2) is 19.0 Å². The molecule has 12 heteroatoms. The third-order valence-corrected chi connectivity index (χ3v) is 9.82. The molecule has 4 aromatic rings. The number of anilines is 1. The highest BCUT2D eigenvalue weighted by Crippen LogP contribution is 2.36. The van der Waals surface area contributed by atoms with E-state index in [9.17, 15) is 14.0 Å². The number of carbonyl (C=O) groups is 2. The van der Waals surface area contributed by atoms with Crippen LogP contribution in [-0.4, -0.2) is 56.8 Å². The highest BCUT2D eigenvalue weighted by molar-refractivity contribution is 6.35. The van der Waals surface area contributed by atoms with Gasteiger partial charge in [0.25, 0.3) is 0 Å². The van der Waals surface area contributed by atoms with Crippen LogP contribution >= 0.6 is 23.2 Å². The number of H-pyrrole nitrogens is 1. The normalized spacial score (nSPS) is 19.4. The third kappa shape index (κ3) is 8.09.